The molecule has 1 unspecified atom stereocenters. The minimum Gasteiger partial charge on any atom is -0.271 e. The molecule has 3 N–H and O–H groups in total. The predicted molar refractivity (Wildman–Crippen MR) is 72.5 cm³/mol. The van der Waals surface area contributed by atoms with Crippen molar-refractivity contribution in [2.24, 2.45) is 11.8 Å². The first-order valence-corrected chi connectivity index (χ1v) is 6.76. The van der Waals surface area contributed by atoms with Gasteiger partial charge in [-0.15, -0.1) is 0 Å². The SMILES string of the molecule is CC(C)(c1ccc(F)cc1)C(CC1CCC1)NN. The highest BCUT2D eigenvalue weighted by atomic mass is 19.1. The molecule has 2 nitrogen and oxygen atoms in total. The second kappa shape index (κ2) is 5.37. The number of halogens is 1. The lowest BCUT2D eigenvalue weighted by Gasteiger charge is -2.39. The van der Waals surface area contributed by atoms with Gasteiger partial charge in [-0.2, -0.15) is 0 Å². The maximum absolute atomic E-state index is 13.0. The summed E-state index contributed by atoms with van der Waals surface area (Å²) in [6.45, 7) is 4.34. The molecule has 0 radical (unpaired) electrons. The van der Waals surface area contributed by atoms with Crippen LogP contribution in [0.3, 0.4) is 0 Å². The molecule has 0 amide bonds. The lowest BCUT2D eigenvalue weighted by Crippen LogP contribution is -2.49. The first kappa shape index (κ1) is 13.5. The Morgan fingerprint density at radius 1 is 1.33 bits per heavy atom. The highest BCUT2D eigenvalue weighted by molar-refractivity contribution is 5.26. The van der Waals surface area contributed by atoms with E-state index in [-0.39, 0.29) is 17.3 Å². The van der Waals surface area contributed by atoms with E-state index in [0.717, 1.165) is 17.9 Å². The second-order valence-electron chi connectivity index (χ2n) is 5.98. The molecule has 1 aromatic carbocycles. The van der Waals surface area contributed by atoms with Crippen molar-refractivity contribution in [2.75, 3.05) is 0 Å². The van der Waals surface area contributed by atoms with Crippen LogP contribution in [-0.2, 0) is 5.41 Å². The number of rotatable bonds is 5. The van der Waals surface area contributed by atoms with E-state index in [1.165, 1.54) is 31.4 Å². The zero-order valence-electron chi connectivity index (χ0n) is 11.2. The lowest BCUT2D eigenvalue weighted by atomic mass is 9.71. The first-order valence-electron chi connectivity index (χ1n) is 6.76. The van der Waals surface area contributed by atoms with Crippen molar-refractivity contribution in [1.29, 1.82) is 0 Å². The molecule has 0 spiro atoms. The topological polar surface area (TPSA) is 38.0 Å². The third kappa shape index (κ3) is 2.73. The highest BCUT2D eigenvalue weighted by Gasteiger charge is 2.33. The molecule has 1 aromatic rings. The van der Waals surface area contributed by atoms with Gasteiger partial charge in [-0.05, 0) is 30.0 Å². The minimum atomic E-state index is -0.189. The molecule has 18 heavy (non-hydrogen) atoms. The Labute approximate surface area is 109 Å². The van der Waals surface area contributed by atoms with Crippen molar-refractivity contribution in [3.05, 3.63) is 35.6 Å². The average Bonchev–Trinajstić information content (AvgIpc) is 2.28. The molecule has 0 heterocycles. The summed E-state index contributed by atoms with van der Waals surface area (Å²) in [4.78, 5) is 0. The zero-order valence-corrected chi connectivity index (χ0v) is 11.2. The fourth-order valence-electron chi connectivity index (χ4n) is 2.71. The maximum Gasteiger partial charge on any atom is 0.123 e. The van der Waals surface area contributed by atoms with Gasteiger partial charge in [0.05, 0.1) is 0 Å². The van der Waals surface area contributed by atoms with Gasteiger partial charge in [0.25, 0.3) is 0 Å². The van der Waals surface area contributed by atoms with Gasteiger partial charge >= 0.3 is 0 Å². The summed E-state index contributed by atoms with van der Waals surface area (Å²) in [7, 11) is 0. The molecule has 3 heteroatoms. The molecule has 100 valence electrons. The van der Waals surface area contributed by atoms with Gasteiger partial charge in [-0.1, -0.05) is 45.2 Å². The van der Waals surface area contributed by atoms with Crippen LogP contribution in [0.5, 0.6) is 0 Å². The van der Waals surface area contributed by atoms with Crippen LogP contribution in [0.25, 0.3) is 0 Å². The number of hydrogen-bond acceptors (Lipinski definition) is 2. The van der Waals surface area contributed by atoms with Crippen LogP contribution >= 0.6 is 0 Å². The predicted octanol–water partition coefficient (Wildman–Crippen LogP) is 3.13. The van der Waals surface area contributed by atoms with Crippen molar-refractivity contribution >= 4 is 0 Å². The van der Waals surface area contributed by atoms with Gasteiger partial charge in [0.1, 0.15) is 5.82 Å². The molecule has 1 fully saturated rings. The fourth-order valence-corrected chi connectivity index (χ4v) is 2.71. The van der Waals surface area contributed by atoms with E-state index in [2.05, 4.69) is 19.3 Å². The maximum atomic E-state index is 13.0. The standard InChI is InChI=1S/C15H23FN2/c1-15(2,12-6-8-13(16)9-7-12)14(18-17)10-11-4-3-5-11/h6-9,11,14,18H,3-5,10,17H2,1-2H3. The van der Waals surface area contributed by atoms with Crippen LogP contribution in [0.2, 0.25) is 0 Å². The van der Waals surface area contributed by atoms with Crippen LogP contribution in [0.15, 0.2) is 24.3 Å². The van der Waals surface area contributed by atoms with E-state index < -0.39 is 0 Å². The Bertz CT molecular complexity index is 382. The Hall–Kier alpha value is -0.930. The number of benzene rings is 1. The van der Waals surface area contributed by atoms with E-state index in [1.807, 2.05) is 12.1 Å². The molecule has 1 saturated carbocycles. The van der Waals surface area contributed by atoms with Crippen molar-refractivity contribution in [2.45, 2.75) is 51.0 Å². The van der Waals surface area contributed by atoms with E-state index in [1.54, 1.807) is 0 Å². The molecule has 2 rings (SSSR count). The summed E-state index contributed by atoms with van der Waals surface area (Å²) >= 11 is 0. The van der Waals surface area contributed by atoms with E-state index >= 15 is 0 Å². The van der Waals surface area contributed by atoms with Crippen LogP contribution in [-0.4, -0.2) is 6.04 Å². The van der Waals surface area contributed by atoms with Gasteiger partial charge in [-0.25, -0.2) is 4.39 Å². The number of nitrogens with two attached hydrogens (primary N) is 1. The molecule has 0 aliphatic heterocycles. The van der Waals surface area contributed by atoms with Crippen LogP contribution in [0, 0.1) is 11.7 Å². The van der Waals surface area contributed by atoms with Crippen molar-refractivity contribution in [1.82, 2.24) is 5.43 Å². The van der Waals surface area contributed by atoms with Gasteiger partial charge < -0.3 is 0 Å². The van der Waals surface area contributed by atoms with Crippen LogP contribution in [0.4, 0.5) is 4.39 Å². The smallest absolute Gasteiger partial charge is 0.123 e. The quantitative estimate of drug-likeness (QED) is 0.622. The Balaban J connectivity index is 2.12. The van der Waals surface area contributed by atoms with E-state index in [9.17, 15) is 4.39 Å². The van der Waals surface area contributed by atoms with Crippen molar-refractivity contribution in [3.8, 4) is 0 Å². The molecular weight excluding hydrogens is 227 g/mol. The molecule has 0 bridgehead atoms. The van der Waals surface area contributed by atoms with Gasteiger partial charge in [0.2, 0.25) is 0 Å². The molecular formula is C15H23FN2. The summed E-state index contributed by atoms with van der Waals surface area (Å²) < 4.78 is 13.0. The average molecular weight is 250 g/mol. The number of hydrazine groups is 1. The summed E-state index contributed by atoms with van der Waals surface area (Å²) in [5.41, 5.74) is 4.01. The largest absolute Gasteiger partial charge is 0.271 e. The first-order chi connectivity index (χ1) is 8.54. The van der Waals surface area contributed by atoms with E-state index in [0.29, 0.717) is 0 Å². The summed E-state index contributed by atoms with van der Waals surface area (Å²) in [5, 5.41) is 0. The third-order valence-electron chi connectivity index (χ3n) is 4.45. The van der Waals surface area contributed by atoms with Gasteiger partial charge in [0, 0.05) is 11.5 Å². The van der Waals surface area contributed by atoms with Crippen molar-refractivity contribution < 1.29 is 4.39 Å². The minimum absolute atomic E-state index is 0.0853. The Morgan fingerprint density at radius 3 is 2.39 bits per heavy atom. The van der Waals surface area contributed by atoms with Crippen molar-refractivity contribution in [3.63, 3.8) is 0 Å². The fraction of sp³-hybridized carbons (Fsp3) is 0.600. The summed E-state index contributed by atoms with van der Waals surface area (Å²) in [5.74, 6) is 6.34. The molecule has 0 aromatic heterocycles. The van der Waals surface area contributed by atoms with E-state index in [4.69, 9.17) is 5.84 Å². The van der Waals surface area contributed by atoms with Gasteiger partial charge in [-0.3, -0.25) is 11.3 Å². The Morgan fingerprint density at radius 2 is 1.94 bits per heavy atom. The van der Waals surface area contributed by atoms with Crippen LogP contribution in [0.1, 0.15) is 45.1 Å². The molecule has 1 atom stereocenters. The van der Waals surface area contributed by atoms with Crippen LogP contribution < -0.4 is 11.3 Å². The molecule has 1 aliphatic rings. The number of nitrogens with one attached hydrogen (secondary N) is 1. The molecule has 0 saturated heterocycles. The highest BCUT2D eigenvalue weighted by Crippen LogP contribution is 2.36. The number of hydrogen-bond donors (Lipinski definition) is 2. The van der Waals surface area contributed by atoms with Gasteiger partial charge in [0.15, 0.2) is 0 Å². The zero-order chi connectivity index (χ0) is 13.2. The normalized spacial score (nSPS) is 18.4. The third-order valence-corrected chi connectivity index (χ3v) is 4.45. The molecule has 1 aliphatic carbocycles. The Kier molecular flexibility index (Phi) is 4.03. The summed E-state index contributed by atoms with van der Waals surface area (Å²) in [6.07, 6.45) is 5.08. The lowest BCUT2D eigenvalue weighted by molar-refractivity contribution is 0.216. The monoisotopic (exact) mass is 250 g/mol. The second-order valence-corrected chi connectivity index (χ2v) is 5.98. The summed E-state index contributed by atoms with van der Waals surface area (Å²) in [6, 6.07) is 7.00.